The van der Waals surface area contributed by atoms with Crippen molar-refractivity contribution in [2.24, 2.45) is 0 Å². The Labute approximate surface area is 122 Å². The molecular formula is C13H20BrN5. The van der Waals surface area contributed by atoms with E-state index in [2.05, 4.69) is 52.1 Å². The number of hydrogen-bond donors (Lipinski definition) is 0. The lowest BCUT2D eigenvalue weighted by Crippen LogP contribution is -2.06. The number of alkyl halides is 1. The van der Waals surface area contributed by atoms with Crippen LogP contribution in [0.4, 0.5) is 0 Å². The Morgan fingerprint density at radius 1 is 1.32 bits per heavy atom. The predicted molar refractivity (Wildman–Crippen MR) is 78.3 cm³/mol. The van der Waals surface area contributed by atoms with E-state index < -0.39 is 0 Å². The summed E-state index contributed by atoms with van der Waals surface area (Å²) in [5, 5.41) is 12.9. The molecule has 5 nitrogen and oxygen atoms in total. The van der Waals surface area contributed by atoms with Crippen molar-refractivity contribution in [3.8, 4) is 0 Å². The minimum absolute atomic E-state index is 0.277. The second-order valence-corrected chi connectivity index (χ2v) is 5.87. The van der Waals surface area contributed by atoms with Gasteiger partial charge in [-0.3, -0.25) is 4.68 Å². The van der Waals surface area contributed by atoms with Crippen molar-refractivity contribution in [1.82, 2.24) is 24.8 Å². The lowest BCUT2D eigenvalue weighted by Gasteiger charge is -2.08. The normalized spacial score (nSPS) is 14.5. The molecular weight excluding hydrogens is 306 g/mol. The average Bonchev–Trinajstić information content (AvgIpc) is 3.07. The lowest BCUT2D eigenvalue weighted by molar-refractivity contribution is 0.470. The smallest absolute Gasteiger partial charge is 0.0963 e. The Morgan fingerprint density at radius 2 is 2.11 bits per heavy atom. The standard InChI is InChI=1S/C13H20BrN5/c1-4-10(3)19-7-6-11(16-19)8-18-9-13(15-17-18)12(14)5-2/h6-7,9-10,12H,4-5,8H2,1-3H3. The van der Waals surface area contributed by atoms with Crippen molar-refractivity contribution < 1.29 is 0 Å². The van der Waals surface area contributed by atoms with Gasteiger partial charge in [-0.05, 0) is 25.8 Å². The maximum atomic E-state index is 4.57. The molecule has 0 saturated carbocycles. The molecule has 0 aliphatic heterocycles. The van der Waals surface area contributed by atoms with Gasteiger partial charge in [0.15, 0.2) is 0 Å². The fourth-order valence-corrected chi connectivity index (χ4v) is 2.01. The van der Waals surface area contributed by atoms with Gasteiger partial charge in [0.05, 0.1) is 29.0 Å². The van der Waals surface area contributed by atoms with Crippen LogP contribution in [0, 0.1) is 0 Å². The molecule has 2 atom stereocenters. The van der Waals surface area contributed by atoms with E-state index in [1.807, 2.05) is 27.8 Å². The summed E-state index contributed by atoms with van der Waals surface area (Å²) in [7, 11) is 0. The van der Waals surface area contributed by atoms with Gasteiger partial charge < -0.3 is 0 Å². The van der Waals surface area contributed by atoms with Gasteiger partial charge in [-0.2, -0.15) is 5.10 Å². The third-order valence-electron chi connectivity index (χ3n) is 3.27. The molecule has 0 aliphatic rings. The Hall–Kier alpha value is -1.17. The van der Waals surface area contributed by atoms with Crippen molar-refractivity contribution in [3.05, 3.63) is 29.8 Å². The third kappa shape index (κ3) is 3.43. The number of hydrogen-bond acceptors (Lipinski definition) is 3. The molecule has 0 aliphatic carbocycles. The van der Waals surface area contributed by atoms with Crippen molar-refractivity contribution in [2.45, 2.75) is 51.0 Å². The van der Waals surface area contributed by atoms with Gasteiger partial charge >= 0.3 is 0 Å². The maximum Gasteiger partial charge on any atom is 0.0963 e. The van der Waals surface area contributed by atoms with Crippen LogP contribution in [0.5, 0.6) is 0 Å². The molecule has 0 bridgehead atoms. The van der Waals surface area contributed by atoms with Gasteiger partial charge in [0.25, 0.3) is 0 Å². The van der Waals surface area contributed by atoms with Gasteiger partial charge in [0, 0.05) is 12.2 Å². The Bertz CT molecular complexity index is 472. The second kappa shape index (κ2) is 6.32. The van der Waals surface area contributed by atoms with E-state index in [1.165, 1.54) is 0 Å². The molecule has 0 saturated heterocycles. The summed E-state index contributed by atoms with van der Waals surface area (Å²) < 4.78 is 3.84. The summed E-state index contributed by atoms with van der Waals surface area (Å²) in [6.07, 6.45) is 6.09. The number of aromatic nitrogens is 5. The summed E-state index contributed by atoms with van der Waals surface area (Å²) in [5.41, 5.74) is 1.99. The minimum atomic E-state index is 0.277. The first-order valence-corrected chi connectivity index (χ1v) is 7.63. The fraction of sp³-hybridized carbons (Fsp3) is 0.615. The topological polar surface area (TPSA) is 48.5 Å². The average molecular weight is 326 g/mol. The van der Waals surface area contributed by atoms with Crippen LogP contribution in [0.15, 0.2) is 18.5 Å². The van der Waals surface area contributed by atoms with Crippen molar-refractivity contribution in [2.75, 3.05) is 0 Å². The van der Waals surface area contributed by atoms with Crippen LogP contribution in [-0.4, -0.2) is 24.8 Å². The molecule has 0 amide bonds. The molecule has 2 aromatic heterocycles. The van der Waals surface area contributed by atoms with E-state index in [9.17, 15) is 0 Å². The molecule has 2 unspecified atom stereocenters. The van der Waals surface area contributed by atoms with Gasteiger partial charge in [-0.15, -0.1) is 5.10 Å². The monoisotopic (exact) mass is 325 g/mol. The van der Waals surface area contributed by atoms with E-state index in [0.29, 0.717) is 12.6 Å². The number of rotatable bonds is 6. The fourth-order valence-electron chi connectivity index (χ4n) is 1.80. The van der Waals surface area contributed by atoms with Gasteiger partial charge in [0.2, 0.25) is 0 Å². The number of nitrogens with zero attached hydrogens (tertiary/aromatic N) is 5. The van der Waals surface area contributed by atoms with E-state index >= 15 is 0 Å². The van der Waals surface area contributed by atoms with Crippen molar-refractivity contribution in [3.63, 3.8) is 0 Å². The third-order valence-corrected chi connectivity index (χ3v) is 4.38. The summed E-state index contributed by atoms with van der Waals surface area (Å²) in [6, 6.07) is 2.48. The molecule has 2 heterocycles. The SMILES string of the molecule is CCC(Br)c1cn(Cc2ccn(C(C)CC)n2)nn1. The molecule has 19 heavy (non-hydrogen) atoms. The maximum absolute atomic E-state index is 4.57. The molecule has 104 valence electrons. The van der Waals surface area contributed by atoms with E-state index in [4.69, 9.17) is 0 Å². The first kappa shape index (κ1) is 14.2. The molecule has 0 fully saturated rings. The molecule has 0 aromatic carbocycles. The quantitative estimate of drug-likeness (QED) is 0.765. The van der Waals surface area contributed by atoms with Gasteiger partial charge in [-0.1, -0.05) is 35.0 Å². The van der Waals surface area contributed by atoms with Crippen molar-refractivity contribution >= 4 is 15.9 Å². The molecule has 0 N–H and O–H groups in total. The van der Waals surface area contributed by atoms with Crippen LogP contribution in [0.2, 0.25) is 0 Å². The lowest BCUT2D eigenvalue weighted by atomic mass is 10.3. The number of halogens is 1. The Kier molecular flexibility index (Phi) is 4.74. The van der Waals surface area contributed by atoms with Gasteiger partial charge in [-0.25, -0.2) is 4.68 Å². The summed E-state index contributed by atoms with van der Waals surface area (Å²) >= 11 is 3.58. The highest BCUT2D eigenvalue weighted by atomic mass is 79.9. The largest absolute Gasteiger partial charge is 0.270 e. The molecule has 0 radical (unpaired) electrons. The zero-order chi connectivity index (χ0) is 13.8. The first-order chi connectivity index (χ1) is 9.13. The molecule has 2 rings (SSSR count). The van der Waals surface area contributed by atoms with E-state index in [-0.39, 0.29) is 4.83 Å². The highest BCUT2D eigenvalue weighted by Gasteiger charge is 2.11. The van der Waals surface area contributed by atoms with Crippen LogP contribution < -0.4 is 0 Å². The summed E-state index contributed by atoms with van der Waals surface area (Å²) in [4.78, 5) is 0.277. The van der Waals surface area contributed by atoms with Crippen molar-refractivity contribution in [1.29, 1.82) is 0 Å². The molecule has 2 aromatic rings. The van der Waals surface area contributed by atoms with Crippen LogP contribution in [0.3, 0.4) is 0 Å². The Morgan fingerprint density at radius 3 is 2.79 bits per heavy atom. The van der Waals surface area contributed by atoms with E-state index in [0.717, 1.165) is 24.2 Å². The van der Waals surface area contributed by atoms with Crippen LogP contribution in [-0.2, 0) is 6.54 Å². The van der Waals surface area contributed by atoms with Gasteiger partial charge in [0.1, 0.15) is 0 Å². The Balaban J connectivity index is 2.04. The van der Waals surface area contributed by atoms with Crippen LogP contribution in [0.25, 0.3) is 0 Å². The first-order valence-electron chi connectivity index (χ1n) is 6.72. The van der Waals surface area contributed by atoms with E-state index in [1.54, 1.807) is 0 Å². The highest BCUT2D eigenvalue weighted by molar-refractivity contribution is 9.09. The highest BCUT2D eigenvalue weighted by Crippen LogP contribution is 2.23. The van der Waals surface area contributed by atoms with Crippen LogP contribution >= 0.6 is 15.9 Å². The molecule has 0 spiro atoms. The summed E-state index contributed by atoms with van der Waals surface area (Å²) in [5.74, 6) is 0. The second-order valence-electron chi connectivity index (χ2n) is 4.76. The van der Waals surface area contributed by atoms with Crippen LogP contribution in [0.1, 0.15) is 55.9 Å². The minimum Gasteiger partial charge on any atom is -0.270 e. The summed E-state index contributed by atoms with van der Waals surface area (Å²) in [6.45, 7) is 7.11. The zero-order valence-corrected chi connectivity index (χ0v) is 13.2. The molecule has 6 heteroatoms. The zero-order valence-electron chi connectivity index (χ0n) is 11.6. The predicted octanol–water partition coefficient (Wildman–Crippen LogP) is 3.34.